The van der Waals surface area contributed by atoms with Crippen LogP contribution in [0.5, 0.6) is 23.0 Å². The first-order valence-electron chi connectivity index (χ1n) is 10.8. The molecule has 2 aliphatic heterocycles. The Morgan fingerprint density at radius 2 is 0.711 bits per heavy atom. The first-order valence-corrected chi connectivity index (χ1v) is 10.8. The van der Waals surface area contributed by atoms with Gasteiger partial charge < -0.3 is 18.9 Å². The van der Waals surface area contributed by atoms with Crippen molar-refractivity contribution in [2.24, 2.45) is 0 Å². The summed E-state index contributed by atoms with van der Waals surface area (Å²) in [5.41, 5.74) is 2.70. The average Bonchev–Trinajstić information content (AvgIpc) is 3.33. The Morgan fingerprint density at radius 1 is 0.395 bits per heavy atom. The highest BCUT2D eigenvalue weighted by Crippen LogP contribution is 2.32. The Hall–Kier alpha value is -5.24. The molecule has 0 saturated heterocycles. The lowest BCUT2D eigenvalue weighted by Crippen LogP contribution is -1.96. The Labute approximate surface area is 218 Å². The second kappa shape index (κ2) is 10.0. The van der Waals surface area contributed by atoms with Crippen LogP contribution in [-0.4, -0.2) is 23.9 Å². The smallest absolute Gasteiger partial charge is 0.347 e. The van der Waals surface area contributed by atoms with Crippen LogP contribution in [0.1, 0.15) is 56.3 Å². The molecule has 0 unspecified atom stereocenters. The highest BCUT2D eigenvalue weighted by Gasteiger charge is 2.30. The summed E-state index contributed by atoms with van der Waals surface area (Å²) >= 11 is 0. The van der Waals surface area contributed by atoms with Gasteiger partial charge in [0.15, 0.2) is 0 Å². The molecule has 2 heterocycles. The molecule has 38 heavy (non-hydrogen) atoms. The third kappa shape index (κ3) is 4.62. The summed E-state index contributed by atoms with van der Waals surface area (Å²) in [5.74, 6) is -0.729. The molecule has 0 aromatic heterocycles. The van der Waals surface area contributed by atoms with Gasteiger partial charge in [0.25, 0.3) is 0 Å². The van der Waals surface area contributed by atoms with Crippen molar-refractivity contribution in [1.29, 1.82) is 0 Å². The maximum Gasteiger partial charge on any atom is 0.347 e. The van der Waals surface area contributed by atoms with Gasteiger partial charge in [-0.3, -0.25) is 0 Å². The van der Waals surface area contributed by atoms with Crippen LogP contribution >= 0.6 is 0 Å². The molecule has 0 spiro atoms. The molecule has 0 radical (unpaired) electrons. The van der Waals surface area contributed by atoms with Gasteiger partial charge in [0, 0.05) is 0 Å². The molecule has 8 nitrogen and oxygen atoms in total. The van der Waals surface area contributed by atoms with Gasteiger partial charge >= 0.3 is 23.9 Å². The molecule has 0 fully saturated rings. The van der Waals surface area contributed by atoms with E-state index in [0.717, 1.165) is 11.1 Å². The first-order chi connectivity index (χ1) is 17.4. The molecule has 0 atom stereocenters. The molecular weight excluding hydrogens is 488 g/mol. The van der Waals surface area contributed by atoms with Crippen molar-refractivity contribution >= 4 is 23.9 Å². The number of carbonyl (C=O) groups excluding carboxylic acids is 4. The second-order valence-electron chi connectivity index (χ2n) is 8.02. The Bertz CT molecular complexity index is 1460. The van der Waals surface area contributed by atoms with Crippen molar-refractivity contribution < 1.29 is 38.1 Å². The van der Waals surface area contributed by atoms with Crippen LogP contribution in [0.15, 0.2) is 84.9 Å². The minimum absolute atomic E-state index is 0. The molecule has 190 valence electrons. The minimum atomic E-state index is -0.683. The van der Waals surface area contributed by atoms with Crippen molar-refractivity contribution in [2.75, 3.05) is 0 Å². The van der Waals surface area contributed by atoms with E-state index in [1.54, 1.807) is 36.4 Å². The number of rotatable bonds is 5. The van der Waals surface area contributed by atoms with E-state index in [9.17, 15) is 19.2 Å². The van der Waals surface area contributed by atoms with Gasteiger partial charge in [0.1, 0.15) is 23.0 Å². The van der Waals surface area contributed by atoms with Crippen LogP contribution in [0.2, 0.25) is 0 Å². The zero-order valence-electron chi connectivity index (χ0n) is 18.3. The molecule has 0 bridgehead atoms. The molecule has 0 saturated carbocycles. The van der Waals surface area contributed by atoms with E-state index in [-0.39, 0.29) is 37.1 Å². The van der Waals surface area contributed by atoms with Gasteiger partial charge in [-0.1, -0.05) is 39.1 Å². The molecule has 8 heteroatoms. The summed E-state index contributed by atoms with van der Waals surface area (Å²) in [6.07, 6.45) is 0. The Kier molecular flexibility index (Phi) is 6.81. The molecule has 0 N–H and O–H groups in total. The van der Waals surface area contributed by atoms with Crippen molar-refractivity contribution in [1.82, 2.24) is 0 Å². The van der Waals surface area contributed by atoms with Crippen LogP contribution in [0.4, 0.5) is 0 Å². The number of esters is 4. The summed E-state index contributed by atoms with van der Waals surface area (Å²) < 4.78 is 20.8. The second-order valence-corrected chi connectivity index (χ2v) is 8.02. The number of hydrogen-bond donors (Lipinski definition) is 0. The number of hydrogen-bond acceptors (Lipinski definition) is 8. The Morgan fingerprint density at radius 3 is 1.08 bits per heavy atom. The first kappa shape index (κ1) is 25.8. The van der Waals surface area contributed by atoms with Crippen LogP contribution in [0.3, 0.4) is 0 Å². The summed E-state index contributed by atoms with van der Waals surface area (Å²) in [6, 6.07) is 23.9. The number of benzene rings is 4. The van der Waals surface area contributed by atoms with E-state index >= 15 is 0 Å². The number of cyclic esters (lactones) is 4. The van der Waals surface area contributed by atoms with Gasteiger partial charge in [-0.2, -0.15) is 0 Å². The predicted molar refractivity (Wildman–Crippen MR) is 138 cm³/mol. The number of carbonyl (C=O) groups is 4. The number of ether oxygens (including phenoxy) is 4. The largest absolute Gasteiger partial charge is 0.457 e. The zero-order chi connectivity index (χ0) is 24.8. The van der Waals surface area contributed by atoms with E-state index in [1.807, 2.05) is 24.3 Å². The van der Waals surface area contributed by atoms with Crippen LogP contribution < -0.4 is 9.47 Å². The molecule has 0 aliphatic carbocycles. The van der Waals surface area contributed by atoms with Crippen LogP contribution in [0, 0.1) is 0 Å². The van der Waals surface area contributed by atoms with Crippen LogP contribution in [-0.2, 0) is 9.47 Å². The van der Waals surface area contributed by atoms with Crippen molar-refractivity contribution in [3.05, 3.63) is 107 Å². The van der Waals surface area contributed by atoms with Gasteiger partial charge in [-0.15, -0.1) is 0 Å². The fourth-order valence-corrected chi connectivity index (χ4v) is 3.96. The molecule has 6 rings (SSSR count). The summed E-state index contributed by atoms with van der Waals surface area (Å²) in [4.78, 5) is 46.6. The summed E-state index contributed by atoms with van der Waals surface area (Å²) in [6.45, 7) is 0. The molecule has 4 aromatic carbocycles. The topological polar surface area (TPSA) is 105 Å². The Balaban J connectivity index is 0.00000168. The molecular formula is C30H22O8. The predicted octanol–water partition coefficient (Wildman–Crippen LogP) is 6.83. The normalized spacial score (nSPS) is 12.9. The third-order valence-electron chi connectivity index (χ3n) is 5.75. The van der Waals surface area contributed by atoms with Crippen molar-refractivity contribution in [2.45, 2.75) is 14.9 Å². The van der Waals surface area contributed by atoms with E-state index < -0.39 is 23.9 Å². The highest BCUT2D eigenvalue weighted by atomic mass is 16.6. The lowest BCUT2D eigenvalue weighted by molar-refractivity contribution is 0.0425. The SMILES string of the molecule is C.C.O=C1OC(=O)c2cc(Oc3ccc(-c4ccc(Oc5ccc6c(c5)C(=O)OC6=O)cc4)cc3)ccc21. The van der Waals surface area contributed by atoms with Crippen molar-refractivity contribution in [3.8, 4) is 34.1 Å². The fourth-order valence-electron chi connectivity index (χ4n) is 3.96. The standard InChI is InChI=1S/C28H14O8.2CH4/c29-25-21-11-9-19(13-23(21)27(31)35-25)33-17-5-1-15(2-6-17)16-3-7-18(8-4-16)34-20-10-12-22-24(14-20)28(32)36-26(22)30;;/h1-14H;2*1H4. The van der Waals surface area contributed by atoms with Crippen LogP contribution in [0.25, 0.3) is 11.1 Å². The third-order valence-corrected chi connectivity index (χ3v) is 5.75. The van der Waals surface area contributed by atoms with E-state index in [1.165, 1.54) is 24.3 Å². The quantitative estimate of drug-likeness (QED) is 0.212. The van der Waals surface area contributed by atoms with E-state index in [0.29, 0.717) is 23.0 Å². The van der Waals surface area contributed by atoms with Gasteiger partial charge in [-0.05, 0) is 71.8 Å². The van der Waals surface area contributed by atoms with Crippen molar-refractivity contribution in [3.63, 3.8) is 0 Å². The minimum Gasteiger partial charge on any atom is -0.457 e. The lowest BCUT2D eigenvalue weighted by Gasteiger charge is -2.09. The zero-order valence-corrected chi connectivity index (χ0v) is 18.3. The molecule has 4 aromatic rings. The highest BCUT2D eigenvalue weighted by molar-refractivity contribution is 6.15. The summed E-state index contributed by atoms with van der Waals surface area (Å²) in [7, 11) is 0. The molecule has 2 aliphatic rings. The van der Waals surface area contributed by atoms with Gasteiger partial charge in [-0.25, -0.2) is 19.2 Å². The number of fused-ring (bicyclic) bond motifs is 2. The van der Waals surface area contributed by atoms with Gasteiger partial charge in [0.05, 0.1) is 22.3 Å². The summed E-state index contributed by atoms with van der Waals surface area (Å²) in [5, 5.41) is 0. The maximum absolute atomic E-state index is 11.7. The van der Waals surface area contributed by atoms with Gasteiger partial charge in [0.2, 0.25) is 0 Å². The lowest BCUT2D eigenvalue weighted by atomic mass is 10.1. The van der Waals surface area contributed by atoms with E-state index in [2.05, 4.69) is 9.47 Å². The molecule has 0 amide bonds. The fraction of sp³-hybridized carbons (Fsp3) is 0.0667. The monoisotopic (exact) mass is 510 g/mol. The van der Waals surface area contributed by atoms with E-state index in [4.69, 9.17) is 9.47 Å². The average molecular weight is 510 g/mol. The maximum atomic E-state index is 11.7.